The van der Waals surface area contributed by atoms with Gasteiger partial charge in [-0.25, -0.2) is 4.98 Å². The van der Waals surface area contributed by atoms with E-state index in [4.69, 9.17) is 5.73 Å². The van der Waals surface area contributed by atoms with Gasteiger partial charge in [0.1, 0.15) is 5.82 Å². The Morgan fingerprint density at radius 1 is 1.30 bits per heavy atom. The quantitative estimate of drug-likeness (QED) is 0.611. The second-order valence-corrected chi connectivity index (χ2v) is 8.07. The number of pyridine rings is 1. The van der Waals surface area contributed by atoms with Gasteiger partial charge < -0.3 is 15.6 Å². The summed E-state index contributed by atoms with van der Waals surface area (Å²) in [7, 11) is 1.82. The minimum atomic E-state index is -0.0650. The monoisotopic (exact) mass is 403 g/mol. The second-order valence-electron chi connectivity index (χ2n) is 8.07. The Morgan fingerprint density at radius 2 is 2.07 bits per heavy atom. The fourth-order valence-electron chi connectivity index (χ4n) is 3.94. The summed E-state index contributed by atoms with van der Waals surface area (Å²) in [5.74, 6) is 0.508. The summed E-state index contributed by atoms with van der Waals surface area (Å²) in [6.45, 7) is 5.05. The summed E-state index contributed by atoms with van der Waals surface area (Å²) in [6.07, 6.45) is 7.61. The third-order valence-corrected chi connectivity index (χ3v) is 5.96. The number of fused-ring (bicyclic) bond motifs is 1. The molecule has 4 rings (SSSR count). The van der Waals surface area contributed by atoms with E-state index in [9.17, 15) is 4.79 Å². The van der Waals surface area contributed by atoms with E-state index in [-0.39, 0.29) is 11.9 Å². The van der Waals surface area contributed by atoms with Crippen molar-refractivity contribution in [2.45, 2.75) is 32.4 Å². The number of aromatic amines is 1. The first-order valence-corrected chi connectivity index (χ1v) is 10.5. The largest absolute Gasteiger partial charge is 0.383 e. The molecule has 3 N–H and O–H groups in total. The van der Waals surface area contributed by atoms with Crippen molar-refractivity contribution < 1.29 is 4.79 Å². The number of anilines is 1. The molecule has 6 heteroatoms. The van der Waals surface area contributed by atoms with E-state index in [1.165, 1.54) is 12.8 Å². The van der Waals surface area contributed by atoms with Gasteiger partial charge in [0.2, 0.25) is 5.91 Å². The number of nitrogen functional groups attached to an aromatic ring is 1. The Bertz CT molecular complexity index is 1030. The molecule has 0 spiro atoms. The number of para-hydroxylation sites is 1. The van der Waals surface area contributed by atoms with E-state index in [1.807, 2.05) is 44.3 Å². The molecular formula is C24H29N5O. The summed E-state index contributed by atoms with van der Waals surface area (Å²) in [5.41, 5.74) is 10.1. The van der Waals surface area contributed by atoms with Gasteiger partial charge in [-0.2, -0.15) is 0 Å². The van der Waals surface area contributed by atoms with Crippen molar-refractivity contribution in [1.29, 1.82) is 0 Å². The smallest absolute Gasteiger partial charge is 0.246 e. The highest BCUT2D eigenvalue weighted by atomic mass is 16.2. The zero-order valence-corrected chi connectivity index (χ0v) is 17.6. The van der Waals surface area contributed by atoms with Gasteiger partial charge in [-0.3, -0.25) is 9.69 Å². The van der Waals surface area contributed by atoms with Gasteiger partial charge in [0.05, 0.1) is 6.04 Å². The summed E-state index contributed by atoms with van der Waals surface area (Å²) < 4.78 is 0. The van der Waals surface area contributed by atoms with Gasteiger partial charge >= 0.3 is 0 Å². The SMILES string of the molecule is CC(c1cc2ccccc2[nH]1)N(C)C(=O)/C=C/c1cnc(N)c(CN2CCCC2)c1. The molecule has 3 aromatic rings. The number of carbonyl (C=O) groups excluding carboxylic acids is 1. The van der Waals surface area contributed by atoms with Gasteiger partial charge in [0.15, 0.2) is 0 Å². The molecule has 30 heavy (non-hydrogen) atoms. The molecule has 0 radical (unpaired) electrons. The number of hydrogen-bond donors (Lipinski definition) is 2. The minimum Gasteiger partial charge on any atom is -0.383 e. The highest BCUT2D eigenvalue weighted by Crippen LogP contribution is 2.24. The van der Waals surface area contributed by atoms with Gasteiger partial charge in [-0.15, -0.1) is 0 Å². The molecule has 2 aromatic heterocycles. The number of likely N-dealkylation sites (N-methyl/N-ethyl adjacent to an activating group) is 1. The topological polar surface area (TPSA) is 78.2 Å². The molecule has 0 bridgehead atoms. The maximum Gasteiger partial charge on any atom is 0.246 e. The summed E-state index contributed by atoms with van der Waals surface area (Å²) in [6, 6.07) is 12.2. The molecule has 1 aliphatic rings. The maximum absolute atomic E-state index is 12.7. The lowest BCUT2D eigenvalue weighted by atomic mass is 10.1. The van der Waals surface area contributed by atoms with E-state index in [1.54, 1.807) is 17.2 Å². The molecule has 3 heterocycles. The van der Waals surface area contributed by atoms with Crippen LogP contribution in [0, 0.1) is 0 Å². The Labute approximate surface area is 177 Å². The van der Waals surface area contributed by atoms with Crippen LogP contribution in [-0.2, 0) is 11.3 Å². The third kappa shape index (κ3) is 4.39. The van der Waals surface area contributed by atoms with Gasteiger partial charge in [-0.05, 0) is 68.1 Å². The zero-order chi connectivity index (χ0) is 21.1. The van der Waals surface area contributed by atoms with Crippen LogP contribution in [0.2, 0.25) is 0 Å². The molecule has 1 atom stereocenters. The minimum absolute atomic E-state index is 0.0564. The number of H-pyrrole nitrogens is 1. The van der Waals surface area contributed by atoms with E-state index in [2.05, 4.69) is 27.0 Å². The maximum atomic E-state index is 12.7. The van der Waals surface area contributed by atoms with Crippen molar-refractivity contribution >= 4 is 28.7 Å². The van der Waals surface area contributed by atoms with E-state index in [0.717, 1.165) is 47.4 Å². The lowest BCUT2D eigenvalue weighted by Gasteiger charge is -2.22. The average Bonchev–Trinajstić information content (AvgIpc) is 3.42. The second kappa shape index (κ2) is 8.71. The number of nitrogens with one attached hydrogen (secondary N) is 1. The number of likely N-dealkylation sites (tertiary alicyclic amines) is 1. The van der Waals surface area contributed by atoms with Crippen LogP contribution in [-0.4, -0.2) is 45.8 Å². The fourth-order valence-corrected chi connectivity index (χ4v) is 3.94. The number of benzene rings is 1. The molecule has 6 nitrogen and oxygen atoms in total. The van der Waals surface area contributed by atoms with Crippen LogP contribution in [0.25, 0.3) is 17.0 Å². The number of hydrogen-bond acceptors (Lipinski definition) is 4. The van der Waals surface area contributed by atoms with Crippen LogP contribution in [0.4, 0.5) is 5.82 Å². The normalized spacial score (nSPS) is 15.8. The Balaban J connectivity index is 1.44. The molecule has 156 valence electrons. The standard InChI is InChI=1S/C24H29N5O/c1-17(22-14-19-7-3-4-8-21(19)27-22)28(2)23(30)10-9-18-13-20(24(25)26-15-18)16-29-11-5-6-12-29/h3-4,7-10,13-15,17,27H,5-6,11-12,16H2,1-2H3,(H2,25,26)/b10-9+. The Kier molecular flexibility index (Phi) is 5.86. The molecule has 1 amide bonds. The lowest BCUT2D eigenvalue weighted by Crippen LogP contribution is -2.28. The molecule has 1 saturated heterocycles. The molecule has 0 aliphatic carbocycles. The Hall–Kier alpha value is -3.12. The molecular weight excluding hydrogens is 374 g/mol. The molecule has 1 fully saturated rings. The van der Waals surface area contributed by atoms with Gasteiger partial charge in [-0.1, -0.05) is 18.2 Å². The number of rotatable bonds is 6. The van der Waals surface area contributed by atoms with Crippen LogP contribution in [0.3, 0.4) is 0 Å². The first-order valence-electron chi connectivity index (χ1n) is 10.5. The number of carbonyl (C=O) groups is 1. The Morgan fingerprint density at radius 3 is 2.83 bits per heavy atom. The highest BCUT2D eigenvalue weighted by molar-refractivity contribution is 5.92. The van der Waals surface area contributed by atoms with Crippen LogP contribution in [0.15, 0.2) is 48.7 Å². The van der Waals surface area contributed by atoms with Crippen LogP contribution in [0.1, 0.15) is 42.6 Å². The first-order chi connectivity index (χ1) is 14.5. The molecule has 1 unspecified atom stereocenters. The van der Waals surface area contributed by atoms with Crippen molar-refractivity contribution in [1.82, 2.24) is 19.8 Å². The summed E-state index contributed by atoms with van der Waals surface area (Å²) >= 11 is 0. The molecule has 0 saturated carbocycles. The molecule has 1 aromatic carbocycles. The fraction of sp³-hybridized carbons (Fsp3) is 0.333. The van der Waals surface area contributed by atoms with Crippen molar-refractivity contribution in [2.75, 3.05) is 25.9 Å². The predicted molar refractivity (Wildman–Crippen MR) is 122 cm³/mol. The predicted octanol–water partition coefficient (Wildman–Crippen LogP) is 3.97. The summed E-state index contributed by atoms with van der Waals surface area (Å²) in [4.78, 5) is 24.6. The van der Waals surface area contributed by atoms with E-state index in [0.29, 0.717) is 5.82 Å². The number of nitrogens with two attached hydrogens (primary N) is 1. The van der Waals surface area contributed by atoms with Crippen molar-refractivity contribution in [2.24, 2.45) is 0 Å². The lowest BCUT2D eigenvalue weighted by molar-refractivity contribution is -0.126. The van der Waals surface area contributed by atoms with Gasteiger partial charge in [0.25, 0.3) is 0 Å². The number of nitrogens with zero attached hydrogens (tertiary/aromatic N) is 3. The third-order valence-electron chi connectivity index (χ3n) is 5.96. The van der Waals surface area contributed by atoms with E-state index < -0.39 is 0 Å². The van der Waals surface area contributed by atoms with Crippen LogP contribution >= 0.6 is 0 Å². The molecule has 1 aliphatic heterocycles. The van der Waals surface area contributed by atoms with Crippen LogP contribution < -0.4 is 5.73 Å². The van der Waals surface area contributed by atoms with Crippen LogP contribution in [0.5, 0.6) is 0 Å². The van der Waals surface area contributed by atoms with Crippen molar-refractivity contribution in [3.63, 3.8) is 0 Å². The van der Waals surface area contributed by atoms with E-state index >= 15 is 0 Å². The van der Waals surface area contributed by atoms with Crippen molar-refractivity contribution in [3.8, 4) is 0 Å². The number of amides is 1. The highest BCUT2D eigenvalue weighted by Gasteiger charge is 2.18. The van der Waals surface area contributed by atoms with Crippen molar-refractivity contribution in [3.05, 3.63) is 65.5 Å². The zero-order valence-electron chi connectivity index (χ0n) is 17.6. The van der Waals surface area contributed by atoms with Gasteiger partial charge in [0, 0.05) is 42.6 Å². The average molecular weight is 404 g/mol. The summed E-state index contributed by atoms with van der Waals surface area (Å²) in [5, 5.41) is 1.15. The number of aromatic nitrogens is 2. The first kappa shape index (κ1) is 20.2.